The summed E-state index contributed by atoms with van der Waals surface area (Å²) in [5.74, 6) is 0. The van der Waals surface area contributed by atoms with Gasteiger partial charge in [0.15, 0.2) is 0 Å². The molecular weight excluding hydrogens is 322 g/mol. The van der Waals surface area contributed by atoms with Crippen molar-refractivity contribution in [3.63, 3.8) is 0 Å². The summed E-state index contributed by atoms with van der Waals surface area (Å²) in [5, 5.41) is 8.95. The minimum Gasteiger partial charge on any atom is -0.330 e. The lowest BCUT2D eigenvalue weighted by Crippen LogP contribution is -2.33. The highest BCUT2D eigenvalue weighted by Gasteiger charge is 2.26. The van der Waals surface area contributed by atoms with Crippen LogP contribution in [0, 0.1) is 18.3 Å². The Kier molecular flexibility index (Phi) is 6.10. The van der Waals surface area contributed by atoms with Gasteiger partial charge in [-0.15, -0.1) is 0 Å². The molecule has 6 heteroatoms. The lowest BCUT2D eigenvalue weighted by Gasteiger charge is -2.23. The Balaban J connectivity index is 2.38. The molecule has 0 aliphatic carbocycles. The van der Waals surface area contributed by atoms with Gasteiger partial charge in [-0.25, -0.2) is 8.42 Å². The molecular formula is C18H21N3O2S. The van der Waals surface area contributed by atoms with Crippen LogP contribution in [0.1, 0.15) is 23.1 Å². The van der Waals surface area contributed by atoms with E-state index < -0.39 is 10.0 Å². The first-order valence-electron chi connectivity index (χ1n) is 7.74. The number of rotatable bonds is 7. The van der Waals surface area contributed by atoms with Crippen LogP contribution < -0.4 is 5.73 Å². The van der Waals surface area contributed by atoms with E-state index in [1.165, 1.54) is 16.4 Å². The van der Waals surface area contributed by atoms with Crippen molar-refractivity contribution >= 4 is 10.0 Å². The van der Waals surface area contributed by atoms with E-state index in [1.54, 1.807) is 13.0 Å². The van der Waals surface area contributed by atoms with Crippen molar-refractivity contribution < 1.29 is 8.42 Å². The van der Waals surface area contributed by atoms with Crippen molar-refractivity contribution in [2.45, 2.75) is 24.8 Å². The van der Waals surface area contributed by atoms with Crippen LogP contribution in [-0.2, 0) is 16.6 Å². The zero-order chi connectivity index (χ0) is 17.6. The average molecular weight is 343 g/mol. The van der Waals surface area contributed by atoms with Crippen LogP contribution in [0.15, 0.2) is 53.4 Å². The molecule has 0 saturated carbocycles. The Labute approximate surface area is 143 Å². The van der Waals surface area contributed by atoms with Gasteiger partial charge < -0.3 is 5.73 Å². The van der Waals surface area contributed by atoms with Gasteiger partial charge >= 0.3 is 0 Å². The molecule has 126 valence electrons. The second kappa shape index (κ2) is 8.06. The van der Waals surface area contributed by atoms with Gasteiger partial charge in [-0.3, -0.25) is 0 Å². The zero-order valence-electron chi connectivity index (χ0n) is 13.6. The van der Waals surface area contributed by atoms with Crippen molar-refractivity contribution in [3.05, 3.63) is 65.2 Å². The third kappa shape index (κ3) is 4.20. The van der Waals surface area contributed by atoms with Crippen LogP contribution in [-0.4, -0.2) is 25.8 Å². The summed E-state index contributed by atoms with van der Waals surface area (Å²) in [6.07, 6.45) is 0.585. The number of benzene rings is 2. The van der Waals surface area contributed by atoms with E-state index in [9.17, 15) is 8.42 Å². The minimum absolute atomic E-state index is 0.231. The first kappa shape index (κ1) is 18.1. The SMILES string of the molecule is Cc1cc(C#N)ccc1S(=O)(=O)N(CCCN)Cc1ccccc1. The maximum absolute atomic E-state index is 13.1. The number of nitriles is 1. The molecule has 24 heavy (non-hydrogen) atoms. The number of aryl methyl sites for hydroxylation is 1. The molecule has 0 saturated heterocycles. The molecule has 5 nitrogen and oxygen atoms in total. The maximum atomic E-state index is 13.1. The molecule has 0 radical (unpaired) electrons. The molecule has 0 heterocycles. The largest absolute Gasteiger partial charge is 0.330 e. The Morgan fingerprint density at radius 2 is 1.88 bits per heavy atom. The zero-order valence-corrected chi connectivity index (χ0v) is 14.5. The smallest absolute Gasteiger partial charge is 0.243 e. The van der Waals surface area contributed by atoms with Crippen molar-refractivity contribution in [2.75, 3.05) is 13.1 Å². The Morgan fingerprint density at radius 1 is 1.17 bits per heavy atom. The van der Waals surface area contributed by atoms with Gasteiger partial charge in [-0.2, -0.15) is 9.57 Å². The Morgan fingerprint density at radius 3 is 2.46 bits per heavy atom. The van der Waals surface area contributed by atoms with E-state index in [2.05, 4.69) is 0 Å². The standard InChI is InChI=1S/C18H21N3O2S/c1-15-12-17(13-20)8-9-18(15)24(22,23)21(11-5-10-19)14-16-6-3-2-4-7-16/h2-4,6-9,12H,5,10-11,14,19H2,1H3. The van der Waals surface area contributed by atoms with Crippen molar-refractivity contribution in [2.24, 2.45) is 5.73 Å². The molecule has 2 aromatic rings. The molecule has 0 aromatic heterocycles. The lowest BCUT2D eigenvalue weighted by molar-refractivity contribution is 0.401. The van der Waals surface area contributed by atoms with Crippen LogP contribution in [0.25, 0.3) is 0 Å². The average Bonchev–Trinajstić information content (AvgIpc) is 2.58. The van der Waals surface area contributed by atoms with Crippen LogP contribution in [0.5, 0.6) is 0 Å². The maximum Gasteiger partial charge on any atom is 0.243 e. The van der Waals surface area contributed by atoms with Gasteiger partial charge in [0.25, 0.3) is 0 Å². The van der Waals surface area contributed by atoms with E-state index in [1.807, 2.05) is 36.4 Å². The molecule has 0 unspecified atom stereocenters. The normalized spacial score (nSPS) is 11.4. The second-order valence-corrected chi connectivity index (χ2v) is 7.46. The number of hydrogen-bond acceptors (Lipinski definition) is 4. The summed E-state index contributed by atoms with van der Waals surface area (Å²) in [6.45, 7) is 2.78. The van der Waals surface area contributed by atoms with Gasteiger partial charge in [0, 0.05) is 13.1 Å². The molecule has 0 spiro atoms. The van der Waals surface area contributed by atoms with Gasteiger partial charge in [0.1, 0.15) is 0 Å². The second-order valence-electron chi connectivity index (χ2n) is 5.56. The summed E-state index contributed by atoms with van der Waals surface area (Å²) >= 11 is 0. The van der Waals surface area contributed by atoms with Gasteiger partial charge in [0.05, 0.1) is 16.5 Å². The quantitative estimate of drug-likeness (QED) is 0.836. The molecule has 0 aliphatic heterocycles. The van der Waals surface area contributed by atoms with E-state index >= 15 is 0 Å². The molecule has 0 atom stereocenters. The topological polar surface area (TPSA) is 87.2 Å². The van der Waals surface area contributed by atoms with Crippen molar-refractivity contribution in [3.8, 4) is 6.07 Å². The van der Waals surface area contributed by atoms with Crippen molar-refractivity contribution in [1.82, 2.24) is 4.31 Å². The lowest BCUT2D eigenvalue weighted by atomic mass is 10.2. The fourth-order valence-corrected chi connectivity index (χ4v) is 4.16. The highest BCUT2D eigenvalue weighted by Crippen LogP contribution is 2.23. The molecule has 0 amide bonds. The molecule has 2 rings (SSSR count). The van der Waals surface area contributed by atoms with Crippen LogP contribution in [0.3, 0.4) is 0 Å². The first-order valence-corrected chi connectivity index (χ1v) is 9.18. The third-order valence-corrected chi connectivity index (χ3v) is 5.74. The van der Waals surface area contributed by atoms with Gasteiger partial charge in [-0.05, 0) is 49.2 Å². The summed E-state index contributed by atoms with van der Waals surface area (Å²) in [5.41, 5.74) is 7.50. The summed E-state index contributed by atoms with van der Waals surface area (Å²) in [7, 11) is -3.66. The number of nitrogens with two attached hydrogens (primary N) is 1. The van der Waals surface area contributed by atoms with Crippen LogP contribution in [0.4, 0.5) is 0 Å². The Hall–Kier alpha value is -2.20. The number of sulfonamides is 1. The fraction of sp³-hybridized carbons (Fsp3) is 0.278. The van der Waals surface area contributed by atoms with E-state index in [-0.39, 0.29) is 4.90 Å². The third-order valence-electron chi connectivity index (χ3n) is 3.74. The highest BCUT2D eigenvalue weighted by atomic mass is 32.2. The molecule has 0 fully saturated rings. The van der Waals surface area contributed by atoms with Gasteiger partial charge in [-0.1, -0.05) is 30.3 Å². The van der Waals surface area contributed by atoms with Crippen LogP contribution in [0.2, 0.25) is 0 Å². The molecule has 2 aromatic carbocycles. The van der Waals surface area contributed by atoms with Crippen molar-refractivity contribution in [1.29, 1.82) is 5.26 Å². The minimum atomic E-state index is -3.66. The number of nitrogens with zero attached hydrogens (tertiary/aromatic N) is 2. The number of hydrogen-bond donors (Lipinski definition) is 1. The Bertz CT molecular complexity index is 827. The summed E-state index contributed by atoms with van der Waals surface area (Å²) in [6, 6.07) is 16.1. The molecule has 2 N–H and O–H groups in total. The predicted molar refractivity (Wildman–Crippen MR) is 93.6 cm³/mol. The van der Waals surface area contributed by atoms with Crippen LogP contribution >= 0.6 is 0 Å². The molecule has 0 aliphatic rings. The summed E-state index contributed by atoms with van der Waals surface area (Å²) in [4.78, 5) is 0.231. The summed E-state index contributed by atoms with van der Waals surface area (Å²) < 4.78 is 27.6. The monoisotopic (exact) mass is 343 g/mol. The fourth-order valence-electron chi connectivity index (χ4n) is 2.49. The predicted octanol–water partition coefficient (Wildman–Crippen LogP) is 2.41. The van der Waals surface area contributed by atoms with Gasteiger partial charge in [0.2, 0.25) is 10.0 Å². The first-order chi connectivity index (χ1) is 11.5. The van der Waals surface area contributed by atoms with E-state index in [0.717, 1.165) is 5.56 Å². The highest BCUT2D eigenvalue weighted by molar-refractivity contribution is 7.89. The van der Waals surface area contributed by atoms with E-state index in [0.29, 0.717) is 37.2 Å². The molecule has 0 bridgehead atoms. The van der Waals surface area contributed by atoms with E-state index in [4.69, 9.17) is 11.0 Å².